The summed E-state index contributed by atoms with van der Waals surface area (Å²) in [5.41, 5.74) is 6.84. The normalized spacial score (nSPS) is 15.1. The maximum atomic E-state index is 9.54. The Bertz CT molecular complexity index is 289. The Morgan fingerprint density at radius 2 is 1.94 bits per heavy atom. The molecule has 0 aliphatic heterocycles. The van der Waals surface area contributed by atoms with E-state index in [1.165, 1.54) is 0 Å². The lowest BCUT2D eigenvalue weighted by molar-refractivity contribution is 0.0970. The molecule has 0 heterocycles. The number of benzene rings is 1. The average molecular weight is 222 g/mol. The molecule has 2 atom stereocenters. The quantitative estimate of drug-likeness (QED) is 0.764. The van der Waals surface area contributed by atoms with E-state index >= 15 is 0 Å². The zero-order valence-corrected chi connectivity index (χ0v) is 10.1. The molecule has 0 saturated heterocycles. The molecule has 3 nitrogen and oxygen atoms in total. The topological polar surface area (TPSA) is 49.5 Å². The third-order valence-electron chi connectivity index (χ3n) is 3.03. The first-order valence-corrected chi connectivity index (χ1v) is 5.86. The van der Waals surface area contributed by atoms with Gasteiger partial charge in [-0.3, -0.25) is 4.90 Å². The fourth-order valence-electron chi connectivity index (χ4n) is 2.05. The molecule has 3 heteroatoms. The third kappa shape index (κ3) is 3.04. The Hall–Kier alpha value is -0.900. The Labute approximate surface area is 97.9 Å². The molecule has 0 aliphatic rings. The van der Waals surface area contributed by atoms with Crippen molar-refractivity contribution in [3.8, 4) is 0 Å². The van der Waals surface area contributed by atoms with Gasteiger partial charge in [0, 0.05) is 12.6 Å². The number of aliphatic hydroxyl groups is 1. The van der Waals surface area contributed by atoms with Crippen LogP contribution < -0.4 is 5.73 Å². The first kappa shape index (κ1) is 13.2. The summed E-state index contributed by atoms with van der Waals surface area (Å²) in [4.78, 5) is 2.23. The molecule has 16 heavy (non-hydrogen) atoms. The van der Waals surface area contributed by atoms with Gasteiger partial charge in [0.05, 0.1) is 12.6 Å². The zero-order chi connectivity index (χ0) is 12.0. The predicted molar refractivity (Wildman–Crippen MR) is 67.2 cm³/mol. The number of hydrogen-bond acceptors (Lipinski definition) is 3. The summed E-state index contributed by atoms with van der Waals surface area (Å²) in [5.74, 6) is 0. The van der Waals surface area contributed by atoms with E-state index in [0.29, 0.717) is 6.54 Å². The van der Waals surface area contributed by atoms with Gasteiger partial charge in [0.15, 0.2) is 0 Å². The summed E-state index contributed by atoms with van der Waals surface area (Å²) < 4.78 is 0. The molecule has 0 spiro atoms. The van der Waals surface area contributed by atoms with Crippen molar-refractivity contribution in [2.75, 3.05) is 19.7 Å². The van der Waals surface area contributed by atoms with Crippen molar-refractivity contribution in [2.45, 2.75) is 25.9 Å². The number of likely N-dealkylation sites (N-methyl/N-ethyl adjacent to an activating group) is 1. The van der Waals surface area contributed by atoms with Crippen LogP contribution in [0.3, 0.4) is 0 Å². The van der Waals surface area contributed by atoms with Gasteiger partial charge in [0.1, 0.15) is 0 Å². The molecular formula is C13H22N2O. The molecule has 0 amide bonds. The molecule has 0 aromatic heterocycles. The standard InChI is InChI=1S/C13H22N2O/c1-3-15(11(2)9-14)13(10-16)12-7-5-4-6-8-12/h4-8,11,13,16H,3,9-10,14H2,1-2H3/t11-,13-/m0/s1. The Kier molecular flexibility index (Phi) is 5.46. The van der Waals surface area contributed by atoms with Crippen molar-refractivity contribution in [1.29, 1.82) is 0 Å². The van der Waals surface area contributed by atoms with E-state index in [1.807, 2.05) is 30.3 Å². The van der Waals surface area contributed by atoms with Crippen LogP contribution >= 0.6 is 0 Å². The Balaban J connectivity index is 2.87. The van der Waals surface area contributed by atoms with Crippen molar-refractivity contribution in [1.82, 2.24) is 4.90 Å². The second-order valence-electron chi connectivity index (χ2n) is 4.02. The highest BCUT2D eigenvalue weighted by Crippen LogP contribution is 2.21. The van der Waals surface area contributed by atoms with E-state index in [4.69, 9.17) is 5.73 Å². The van der Waals surface area contributed by atoms with Gasteiger partial charge in [-0.1, -0.05) is 37.3 Å². The van der Waals surface area contributed by atoms with Gasteiger partial charge in [-0.25, -0.2) is 0 Å². The number of hydrogen-bond donors (Lipinski definition) is 2. The minimum Gasteiger partial charge on any atom is -0.394 e. The summed E-state index contributed by atoms with van der Waals surface area (Å²) in [6.45, 7) is 5.81. The van der Waals surface area contributed by atoms with Crippen LogP contribution in [0, 0.1) is 0 Å². The van der Waals surface area contributed by atoms with E-state index < -0.39 is 0 Å². The summed E-state index contributed by atoms with van der Waals surface area (Å²) in [6, 6.07) is 10.4. The molecule has 0 bridgehead atoms. The number of aliphatic hydroxyl groups excluding tert-OH is 1. The molecular weight excluding hydrogens is 200 g/mol. The van der Waals surface area contributed by atoms with Crippen LogP contribution in [0.4, 0.5) is 0 Å². The van der Waals surface area contributed by atoms with E-state index in [-0.39, 0.29) is 18.7 Å². The minimum atomic E-state index is 0.0461. The van der Waals surface area contributed by atoms with Crippen molar-refractivity contribution in [3.63, 3.8) is 0 Å². The summed E-state index contributed by atoms with van der Waals surface area (Å²) in [6.07, 6.45) is 0. The van der Waals surface area contributed by atoms with Gasteiger partial charge >= 0.3 is 0 Å². The molecule has 0 saturated carbocycles. The minimum absolute atomic E-state index is 0.0461. The van der Waals surface area contributed by atoms with Crippen LogP contribution in [0.1, 0.15) is 25.5 Å². The molecule has 1 aromatic carbocycles. The fraction of sp³-hybridized carbons (Fsp3) is 0.538. The number of nitrogens with zero attached hydrogens (tertiary/aromatic N) is 1. The maximum Gasteiger partial charge on any atom is 0.0628 e. The van der Waals surface area contributed by atoms with Crippen molar-refractivity contribution >= 4 is 0 Å². The Morgan fingerprint density at radius 1 is 1.31 bits per heavy atom. The highest BCUT2D eigenvalue weighted by atomic mass is 16.3. The highest BCUT2D eigenvalue weighted by molar-refractivity contribution is 5.19. The second kappa shape index (κ2) is 6.63. The van der Waals surface area contributed by atoms with E-state index in [2.05, 4.69) is 18.7 Å². The molecule has 1 rings (SSSR count). The lowest BCUT2D eigenvalue weighted by Gasteiger charge is -2.34. The van der Waals surface area contributed by atoms with Crippen molar-refractivity contribution in [3.05, 3.63) is 35.9 Å². The van der Waals surface area contributed by atoms with Gasteiger partial charge < -0.3 is 10.8 Å². The van der Waals surface area contributed by atoms with Crippen LogP contribution in [0.5, 0.6) is 0 Å². The second-order valence-corrected chi connectivity index (χ2v) is 4.02. The first-order valence-electron chi connectivity index (χ1n) is 5.86. The molecule has 1 aromatic rings. The molecule has 90 valence electrons. The van der Waals surface area contributed by atoms with Gasteiger partial charge in [-0.2, -0.15) is 0 Å². The first-order chi connectivity index (χ1) is 7.74. The molecule has 0 fully saturated rings. The lowest BCUT2D eigenvalue weighted by atomic mass is 10.0. The third-order valence-corrected chi connectivity index (χ3v) is 3.03. The van der Waals surface area contributed by atoms with Gasteiger partial charge in [-0.05, 0) is 19.0 Å². The van der Waals surface area contributed by atoms with E-state index in [0.717, 1.165) is 12.1 Å². The lowest BCUT2D eigenvalue weighted by Crippen LogP contribution is -2.42. The van der Waals surface area contributed by atoms with Crippen molar-refractivity contribution in [2.24, 2.45) is 5.73 Å². The van der Waals surface area contributed by atoms with E-state index in [9.17, 15) is 5.11 Å². The van der Waals surface area contributed by atoms with Crippen LogP contribution in [-0.4, -0.2) is 35.7 Å². The largest absolute Gasteiger partial charge is 0.394 e. The molecule has 0 unspecified atom stereocenters. The summed E-state index contributed by atoms with van der Waals surface area (Å²) in [5, 5.41) is 9.54. The van der Waals surface area contributed by atoms with Crippen LogP contribution in [0.25, 0.3) is 0 Å². The molecule has 3 N–H and O–H groups in total. The van der Waals surface area contributed by atoms with Crippen LogP contribution in [0.2, 0.25) is 0 Å². The fourth-order valence-corrected chi connectivity index (χ4v) is 2.05. The smallest absolute Gasteiger partial charge is 0.0628 e. The monoisotopic (exact) mass is 222 g/mol. The predicted octanol–water partition coefficient (Wildman–Crippen LogP) is 1.39. The zero-order valence-electron chi connectivity index (χ0n) is 10.1. The Morgan fingerprint density at radius 3 is 2.38 bits per heavy atom. The number of nitrogens with two attached hydrogens (primary N) is 1. The molecule has 0 radical (unpaired) electrons. The molecule has 0 aliphatic carbocycles. The van der Waals surface area contributed by atoms with Gasteiger partial charge in [0.25, 0.3) is 0 Å². The maximum absolute atomic E-state index is 9.54. The SMILES string of the molecule is CCN([C@@H](C)CN)[C@@H](CO)c1ccccc1. The average Bonchev–Trinajstić information content (AvgIpc) is 2.36. The van der Waals surface area contributed by atoms with Gasteiger partial charge in [0.2, 0.25) is 0 Å². The van der Waals surface area contributed by atoms with Crippen LogP contribution in [0.15, 0.2) is 30.3 Å². The van der Waals surface area contributed by atoms with E-state index in [1.54, 1.807) is 0 Å². The van der Waals surface area contributed by atoms with Gasteiger partial charge in [-0.15, -0.1) is 0 Å². The van der Waals surface area contributed by atoms with Crippen LogP contribution in [-0.2, 0) is 0 Å². The summed E-state index contributed by atoms with van der Waals surface area (Å²) in [7, 11) is 0. The highest BCUT2D eigenvalue weighted by Gasteiger charge is 2.21. The number of rotatable bonds is 6. The summed E-state index contributed by atoms with van der Waals surface area (Å²) >= 11 is 0. The van der Waals surface area contributed by atoms with Crippen molar-refractivity contribution < 1.29 is 5.11 Å².